The quantitative estimate of drug-likeness (QED) is 0.596. The first kappa shape index (κ1) is 11.1. The number of rotatable bonds is 2. The second-order valence-electron chi connectivity index (χ2n) is 5.14. The van der Waals surface area contributed by atoms with Gasteiger partial charge < -0.3 is 10.3 Å². The molecule has 5 rings (SSSR count). The normalized spacial score (nSPS) is 33.7. The molecule has 0 radical (unpaired) electrons. The summed E-state index contributed by atoms with van der Waals surface area (Å²) in [5, 5.41) is 3.36. The Hall–Kier alpha value is -1.77. The summed E-state index contributed by atoms with van der Waals surface area (Å²) in [5.41, 5.74) is 7.96. The van der Waals surface area contributed by atoms with Crippen LogP contribution in [0.4, 0.5) is 5.82 Å². The van der Waals surface area contributed by atoms with Crippen molar-refractivity contribution in [3.8, 4) is 0 Å². The zero-order chi connectivity index (χ0) is 12.9. The molecule has 100 valence electrons. The minimum atomic E-state index is -0.567. The molecule has 8 nitrogen and oxygen atoms in total. The molecule has 8 heteroatoms. The van der Waals surface area contributed by atoms with Crippen molar-refractivity contribution in [2.75, 3.05) is 38.0 Å². The fourth-order valence-electron chi connectivity index (χ4n) is 2.93. The summed E-state index contributed by atoms with van der Waals surface area (Å²) in [6.07, 6.45) is 3.12. The van der Waals surface area contributed by atoms with Crippen molar-refractivity contribution in [1.29, 1.82) is 0 Å². The standard InChI is InChI=1S/C11H16N8/c12-11(5-18-1-3-19(11)4-2-18)17-10-8-9(14-6-13-8)15-7-16-10/h6-7H,1-5,12H2,(H2,13,14,15,16,17). The topological polar surface area (TPSA) is 99.0 Å². The Morgan fingerprint density at radius 1 is 1.21 bits per heavy atom. The van der Waals surface area contributed by atoms with Crippen LogP contribution >= 0.6 is 0 Å². The molecule has 0 aliphatic carbocycles. The Kier molecular flexibility index (Phi) is 2.25. The lowest BCUT2D eigenvalue weighted by Crippen LogP contribution is -2.76. The molecule has 19 heavy (non-hydrogen) atoms. The molecule has 0 amide bonds. The summed E-state index contributed by atoms with van der Waals surface area (Å²) in [4.78, 5) is 20.2. The summed E-state index contributed by atoms with van der Waals surface area (Å²) in [6, 6.07) is 0. The first-order chi connectivity index (χ1) is 9.24. The van der Waals surface area contributed by atoms with Crippen LogP contribution in [0.25, 0.3) is 11.2 Å². The highest BCUT2D eigenvalue weighted by molar-refractivity contribution is 5.82. The largest absolute Gasteiger partial charge is 0.340 e. The van der Waals surface area contributed by atoms with E-state index in [0.29, 0.717) is 11.5 Å². The number of fused-ring (bicyclic) bond motifs is 4. The number of nitrogens with two attached hydrogens (primary N) is 1. The number of hydrogen-bond donors (Lipinski definition) is 3. The van der Waals surface area contributed by atoms with Crippen LogP contribution in [0.3, 0.4) is 0 Å². The summed E-state index contributed by atoms with van der Waals surface area (Å²) in [7, 11) is 0. The van der Waals surface area contributed by atoms with Crippen LogP contribution in [0.2, 0.25) is 0 Å². The number of aromatic nitrogens is 4. The molecule has 3 fully saturated rings. The SMILES string of the molecule is NC1(Nc2ncnc3nc[nH]c23)CN2CCN1CC2. The fourth-order valence-corrected chi connectivity index (χ4v) is 2.93. The Labute approximate surface area is 110 Å². The zero-order valence-electron chi connectivity index (χ0n) is 10.5. The highest BCUT2D eigenvalue weighted by atomic mass is 15.5. The van der Waals surface area contributed by atoms with Crippen molar-refractivity contribution in [1.82, 2.24) is 29.7 Å². The molecular formula is C11H16N8. The molecule has 5 heterocycles. The Morgan fingerprint density at radius 2 is 2.05 bits per heavy atom. The molecule has 3 aliphatic rings. The van der Waals surface area contributed by atoms with Crippen LogP contribution in [-0.2, 0) is 0 Å². The van der Waals surface area contributed by atoms with Crippen LogP contribution in [0.1, 0.15) is 0 Å². The van der Waals surface area contributed by atoms with Gasteiger partial charge in [-0.15, -0.1) is 0 Å². The minimum Gasteiger partial charge on any atom is -0.340 e. The van der Waals surface area contributed by atoms with Gasteiger partial charge in [0.15, 0.2) is 17.3 Å². The number of nitrogens with zero attached hydrogens (tertiary/aromatic N) is 5. The lowest BCUT2D eigenvalue weighted by Gasteiger charge is -2.53. The fraction of sp³-hybridized carbons (Fsp3) is 0.545. The van der Waals surface area contributed by atoms with Crippen molar-refractivity contribution in [2.45, 2.75) is 5.79 Å². The minimum absolute atomic E-state index is 0.567. The van der Waals surface area contributed by atoms with E-state index in [1.165, 1.54) is 6.33 Å². The van der Waals surface area contributed by atoms with E-state index in [4.69, 9.17) is 5.73 Å². The van der Waals surface area contributed by atoms with Crippen molar-refractivity contribution in [2.24, 2.45) is 5.73 Å². The lowest BCUT2D eigenvalue weighted by atomic mass is 10.1. The van der Waals surface area contributed by atoms with Gasteiger partial charge in [-0.25, -0.2) is 15.0 Å². The molecule has 0 saturated carbocycles. The maximum atomic E-state index is 6.51. The molecule has 1 atom stereocenters. The van der Waals surface area contributed by atoms with Crippen molar-refractivity contribution in [3.63, 3.8) is 0 Å². The summed E-state index contributed by atoms with van der Waals surface area (Å²) < 4.78 is 0. The maximum absolute atomic E-state index is 6.51. The third kappa shape index (κ3) is 1.68. The van der Waals surface area contributed by atoms with E-state index in [-0.39, 0.29) is 0 Å². The Balaban J connectivity index is 1.69. The third-order valence-electron chi connectivity index (χ3n) is 3.96. The highest BCUT2D eigenvalue weighted by Gasteiger charge is 2.42. The first-order valence-electron chi connectivity index (χ1n) is 6.43. The summed E-state index contributed by atoms with van der Waals surface area (Å²) in [5.74, 6) is 0.141. The molecule has 4 N–H and O–H groups in total. The molecule has 2 aromatic rings. The molecule has 0 aromatic carbocycles. The molecule has 0 spiro atoms. The average Bonchev–Trinajstić information content (AvgIpc) is 2.89. The monoisotopic (exact) mass is 260 g/mol. The van der Waals surface area contributed by atoms with E-state index < -0.39 is 5.79 Å². The molecule has 2 bridgehead atoms. The third-order valence-corrected chi connectivity index (χ3v) is 3.96. The van der Waals surface area contributed by atoms with E-state index in [0.717, 1.165) is 38.2 Å². The predicted octanol–water partition coefficient (Wildman–Crippen LogP) is -0.992. The zero-order valence-corrected chi connectivity index (χ0v) is 10.5. The number of nitrogens with one attached hydrogen (secondary N) is 2. The van der Waals surface area contributed by atoms with Crippen LogP contribution < -0.4 is 11.1 Å². The van der Waals surface area contributed by atoms with Gasteiger partial charge in [-0.3, -0.25) is 15.5 Å². The second kappa shape index (κ2) is 3.86. The van der Waals surface area contributed by atoms with Crippen LogP contribution in [0.15, 0.2) is 12.7 Å². The lowest BCUT2D eigenvalue weighted by molar-refractivity contribution is -0.0359. The molecule has 3 saturated heterocycles. The highest BCUT2D eigenvalue weighted by Crippen LogP contribution is 2.25. The Bertz CT molecular complexity index is 602. The van der Waals surface area contributed by atoms with E-state index in [1.807, 2.05) is 0 Å². The first-order valence-corrected chi connectivity index (χ1v) is 6.43. The van der Waals surface area contributed by atoms with Crippen molar-refractivity contribution < 1.29 is 0 Å². The Morgan fingerprint density at radius 3 is 2.79 bits per heavy atom. The summed E-state index contributed by atoms with van der Waals surface area (Å²) >= 11 is 0. The number of imidazole rings is 1. The molecule has 1 unspecified atom stereocenters. The predicted molar refractivity (Wildman–Crippen MR) is 70.2 cm³/mol. The van der Waals surface area contributed by atoms with Gasteiger partial charge in [0.25, 0.3) is 0 Å². The van der Waals surface area contributed by atoms with Crippen molar-refractivity contribution in [3.05, 3.63) is 12.7 Å². The van der Waals surface area contributed by atoms with Crippen LogP contribution in [0.5, 0.6) is 0 Å². The van der Waals surface area contributed by atoms with Crippen molar-refractivity contribution >= 4 is 17.0 Å². The van der Waals surface area contributed by atoms with Gasteiger partial charge >= 0.3 is 0 Å². The number of anilines is 1. The number of hydrogen-bond acceptors (Lipinski definition) is 7. The van der Waals surface area contributed by atoms with Gasteiger partial charge in [0.2, 0.25) is 0 Å². The van der Waals surface area contributed by atoms with Gasteiger partial charge in [0, 0.05) is 32.7 Å². The average molecular weight is 260 g/mol. The number of H-pyrrole nitrogens is 1. The van der Waals surface area contributed by atoms with Crippen LogP contribution in [-0.4, -0.2) is 68.2 Å². The van der Waals surface area contributed by atoms with Gasteiger partial charge in [-0.05, 0) is 0 Å². The number of aromatic amines is 1. The molecular weight excluding hydrogens is 244 g/mol. The second-order valence-corrected chi connectivity index (χ2v) is 5.14. The van der Waals surface area contributed by atoms with Gasteiger partial charge in [0.05, 0.1) is 6.33 Å². The smallest absolute Gasteiger partial charge is 0.182 e. The van der Waals surface area contributed by atoms with Gasteiger partial charge in [-0.1, -0.05) is 0 Å². The van der Waals surface area contributed by atoms with E-state index in [2.05, 4.69) is 35.1 Å². The summed E-state index contributed by atoms with van der Waals surface area (Å²) in [6.45, 7) is 4.95. The van der Waals surface area contributed by atoms with E-state index in [9.17, 15) is 0 Å². The molecule has 2 aromatic heterocycles. The van der Waals surface area contributed by atoms with Gasteiger partial charge in [0.1, 0.15) is 11.8 Å². The van der Waals surface area contributed by atoms with E-state index >= 15 is 0 Å². The number of piperazine rings is 3. The molecule has 3 aliphatic heterocycles. The van der Waals surface area contributed by atoms with Crippen LogP contribution in [0, 0.1) is 0 Å². The van der Waals surface area contributed by atoms with E-state index in [1.54, 1.807) is 6.33 Å². The maximum Gasteiger partial charge on any atom is 0.182 e. The van der Waals surface area contributed by atoms with Gasteiger partial charge in [-0.2, -0.15) is 0 Å².